The van der Waals surface area contributed by atoms with Crippen molar-refractivity contribution in [2.24, 2.45) is 0 Å². The lowest BCUT2D eigenvalue weighted by molar-refractivity contribution is -0.00720. The maximum absolute atomic E-state index is 12.7. The van der Waals surface area contributed by atoms with Crippen molar-refractivity contribution in [3.8, 4) is 5.69 Å². The summed E-state index contributed by atoms with van der Waals surface area (Å²) in [5.74, 6) is -2.88. The van der Waals surface area contributed by atoms with Gasteiger partial charge in [0.2, 0.25) is 0 Å². The van der Waals surface area contributed by atoms with Crippen LogP contribution in [0.2, 0.25) is 0 Å². The molecule has 1 atom stereocenters. The molecule has 1 unspecified atom stereocenters. The van der Waals surface area contributed by atoms with Crippen LogP contribution in [-0.4, -0.2) is 43.8 Å². The van der Waals surface area contributed by atoms with Crippen LogP contribution < -0.4 is 21.3 Å². The quantitative estimate of drug-likeness (QED) is 0.151. The second-order valence-electron chi connectivity index (χ2n) is 11.4. The van der Waals surface area contributed by atoms with E-state index in [1.165, 1.54) is 25.1 Å². The number of nitrogens with one attached hydrogen (secondary N) is 4. The lowest BCUT2D eigenvalue weighted by atomic mass is 9.92. The van der Waals surface area contributed by atoms with Crippen LogP contribution in [0.15, 0.2) is 78.9 Å². The number of carboxylic acid groups (broad SMARTS) is 1. The summed E-state index contributed by atoms with van der Waals surface area (Å²) in [6.07, 6.45) is 0. The zero-order valence-corrected chi connectivity index (χ0v) is 24.7. The molecule has 43 heavy (non-hydrogen) atoms. The largest absolute Gasteiger partial charge is 0.478 e. The summed E-state index contributed by atoms with van der Waals surface area (Å²) in [5, 5.41) is 35.8. The molecule has 224 valence electrons. The number of aromatic nitrogens is 2. The Kier molecular flexibility index (Phi) is 8.98. The molecule has 0 fully saturated rings. The number of aromatic carboxylic acids is 1. The second-order valence-corrected chi connectivity index (χ2v) is 11.4. The molecular formula is C32H36N6O5. The molecule has 0 aliphatic rings. The van der Waals surface area contributed by atoms with Crippen LogP contribution in [0.25, 0.3) is 5.69 Å². The van der Waals surface area contributed by atoms with Crippen LogP contribution in [0, 0.1) is 6.92 Å². The van der Waals surface area contributed by atoms with E-state index in [1.54, 1.807) is 23.7 Å². The number of carbonyl (C=O) groups excluding carboxylic acids is 2. The number of aryl methyl sites for hydroxylation is 1. The van der Waals surface area contributed by atoms with Gasteiger partial charge in [-0.25, -0.2) is 14.3 Å². The van der Waals surface area contributed by atoms with Crippen molar-refractivity contribution >= 4 is 29.4 Å². The summed E-state index contributed by atoms with van der Waals surface area (Å²) >= 11 is 0. The summed E-state index contributed by atoms with van der Waals surface area (Å²) in [7, 11) is 0. The third-order valence-corrected chi connectivity index (χ3v) is 6.64. The predicted octanol–water partition coefficient (Wildman–Crippen LogP) is 5.01. The number of benzene rings is 3. The fourth-order valence-corrected chi connectivity index (χ4v) is 4.25. The topological polar surface area (TPSA) is 158 Å². The molecule has 1 aromatic heterocycles. The zero-order chi connectivity index (χ0) is 31.4. The first-order valence-corrected chi connectivity index (χ1v) is 13.7. The molecule has 1 heterocycles. The van der Waals surface area contributed by atoms with Crippen LogP contribution in [0.5, 0.6) is 0 Å². The van der Waals surface area contributed by atoms with E-state index < -0.39 is 23.8 Å². The van der Waals surface area contributed by atoms with Gasteiger partial charge in [0.15, 0.2) is 5.85 Å². The van der Waals surface area contributed by atoms with Crippen LogP contribution >= 0.6 is 0 Å². The minimum atomic E-state index is -1.75. The number of para-hydroxylation sites is 1. The van der Waals surface area contributed by atoms with Crippen molar-refractivity contribution < 1.29 is 24.6 Å². The van der Waals surface area contributed by atoms with Crippen molar-refractivity contribution in [1.29, 1.82) is 0 Å². The number of urea groups is 1. The average Bonchev–Trinajstić information content (AvgIpc) is 3.36. The molecule has 0 radical (unpaired) electrons. The standard InChI is InChI=1S/C32H36N6O5/c1-20-17-22(13-16-25(20)29(40)41)28(39)36-32(5,43)33-19-21-11-14-24(15-12-21)38-27(18-26(37-38)31(2,3)4)35-30(42)34-23-9-7-6-8-10-23/h6-18,33,43H,19H2,1-5H3,(H,36,39)(H,40,41)(H2,34,35,42). The Morgan fingerprint density at radius 2 is 1.56 bits per heavy atom. The highest BCUT2D eigenvalue weighted by molar-refractivity contribution is 5.99. The van der Waals surface area contributed by atoms with Crippen molar-refractivity contribution in [1.82, 2.24) is 20.4 Å². The molecule has 11 heteroatoms. The highest BCUT2D eigenvalue weighted by atomic mass is 16.4. The van der Waals surface area contributed by atoms with E-state index in [2.05, 4.69) is 21.3 Å². The summed E-state index contributed by atoms with van der Waals surface area (Å²) < 4.78 is 1.66. The van der Waals surface area contributed by atoms with Gasteiger partial charge < -0.3 is 20.8 Å². The Bertz CT molecular complexity index is 1620. The van der Waals surface area contributed by atoms with Crippen molar-refractivity contribution in [3.05, 3.63) is 107 Å². The fraction of sp³-hybridized carbons (Fsp3) is 0.250. The number of amides is 3. The van der Waals surface area contributed by atoms with Crippen molar-refractivity contribution in [2.45, 2.75) is 52.4 Å². The molecule has 0 spiro atoms. The van der Waals surface area contributed by atoms with Gasteiger partial charge in [0.25, 0.3) is 5.91 Å². The molecule has 0 bridgehead atoms. The number of rotatable bonds is 9. The highest BCUT2D eigenvalue weighted by Gasteiger charge is 2.24. The maximum Gasteiger partial charge on any atom is 0.335 e. The molecule has 6 N–H and O–H groups in total. The van der Waals surface area contributed by atoms with E-state index in [9.17, 15) is 24.6 Å². The smallest absolute Gasteiger partial charge is 0.335 e. The number of nitrogens with zero attached hydrogens (tertiary/aromatic N) is 2. The molecule has 0 aliphatic carbocycles. The first-order chi connectivity index (χ1) is 20.2. The summed E-state index contributed by atoms with van der Waals surface area (Å²) in [6.45, 7) is 9.36. The Hall–Kier alpha value is -5.00. The Morgan fingerprint density at radius 1 is 0.884 bits per heavy atom. The molecule has 3 amide bonds. The number of carboxylic acids is 1. The van der Waals surface area contributed by atoms with Gasteiger partial charge in [0.05, 0.1) is 16.9 Å². The molecule has 0 saturated heterocycles. The van der Waals surface area contributed by atoms with Gasteiger partial charge in [-0.15, -0.1) is 0 Å². The lowest BCUT2D eigenvalue weighted by Gasteiger charge is -2.26. The van der Waals surface area contributed by atoms with E-state index in [-0.39, 0.29) is 23.1 Å². The normalized spacial score (nSPS) is 12.7. The van der Waals surface area contributed by atoms with Gasteiger partial charge in [-0.05, 0) is 67.4 Å². The van der Waals surface area contributed by atoms with E-state index in [1.807, 2.05) is 69.3 Å². The third-order valence-electron chi connectivity index (χ3n) is 6.64. The predicted molar refractivity (Wildman–Crippen MR) is 164 cm³/mol. The first-order valence-electron chi connectivity index (χ1n) is 13.7. The van der Waals surface area contributed by atoms with Gasteiger partial charge in [-0.3, -0.25) is 15.4 Å². The molecule has 0 saturated carbocycles. The second kappa shape index (κ2) is 12.5. The Morgan fingerprint density at radius 3 is 2.16 bits per heavy atom. The van der Waals surface area contributed by atoms with Gasteiger partial charge >= 0.3 is 12.0 Å². The van der Waals surface area contributed by atoms with Gasteiger partial charge in [0, 0.05) is 29.3 Å². The third kappa shape index (κ3) is 8.06. The summed E-state index contributed by atoms with van der Waals surface area (Å²) in [4.78, 5) is 36.7. The average molecular weight is 585 g/mol. The molecule has 11 nitrogen and oxygen atoms in total. The van der Waals surface area contributed by atoms with Gasteiger partial charge in [0.1, 0.15) is 5.82 Å². The lowest BCUT2D eigenvalue weighted by Crippen LogP contribution is -2.56. The van der Waals surface area contributed by atoms with Crippen LogP contribution in [0.4, 0.5) is 16.3 Å². The summed E-state index contributed by atoms with van der Waals surface area (Å²) in [5.41, 5.74) is 3.51. The monoisotopic (exact) mass is 584 g/mol. The van der Waals surface area contributed by atoms with Gasteiger partial charge in [-0.1, -0.05) is 51.1 Å². The minimum Gasteiger partial charge on any atom is -0.478 e. The molecule has 4 rings (SSSR count). The fourth-order valence-electron chi connectivity index (χ4n) is 4.25. The van der Waals surface area contributed by atoms with E-state index in [0.29, 0.717) is 17.1 Å². The Balaban J connectivity index is 1.43. The number of carbonyl (C=O) groups is 3. The minimum absolute atomic E-state index is 0.105. The maximum atomic E-state index is 12.7. The SMILES string of the molecule is Cc1cc(C(=O)NC(C)(O)NCc2ccc(-n3nc(C(C)(C)C)cc3NC(=O)Nc3ccccc3)cc2)ccc1C(=O)O. The summed E-state index contributed by atoms with van der Waals surface area (Å²) in [6, 6.07) is 22.2. The molecule has 4 aromatic rings. The van der Waals surface area contributed by atoms with Crippen molar-refractivity contribution in [3.63, 3.8) is 0 Å². The van der Waals surface area contributed by atoms with Crippen LogP contribution in [-0.2, 0) is 12.0 Å². The van der Waals surface area contributed by atoms with Crippen LogP contribution in [0.3, 0.4) is 0 Å². The van der Waals surface area contributed by atoms with Crippen molar-refractivity contribution in [2.75, 3.05) is 10.6 Å². The Labute approximate surface area is 249 Å². The first kappa shape index (κ1) is 30.9. The molecule has 3 aromatic carbocycles. The number of hydrogen-bond acceptors (Lipinski definition) is 6. The number of aliphatic hydroxyl groups is 1. The number of anilines is 2. The molecule has 0 aliphatic heterocycles. The van der Waals surface area contributed by atoms with Crippen LogP contribution in [0.1, 0.15) is 65.2 Å². The van der Waals surface area contributed by atoms with E-state index in [4.69, 9.17) is 5.10 Å². The van der Waals surface area contributed by atoms with E-state index >= 15 is 0 Å². The zero-order valence-electron chi connectivity index (χ0n) is 24.7. The molecular weight excluding hydrogens is 548 g/mol. The van der Waals surface area contributed by atoms with Gasteiger partial charge in [-0.2, -0.15) is 5.10 Å². The highest BCUT2D eigenvalue weighted by Crippen LogP contribution is 2.27. The number of hydrogen-bond donors (Lipinski definition) is 6. The van der Waals surface area contributed by atoms with E-state index in [0.717, 1.165) is 16.9 Å².